The van der Waals surface area contributed by atoms with Crippen LogP contribution < -0.4 is 10.6 Å². The SMILES string of the molecule is CCC(NC(=O)c1cnc(-c2cccc(-c3cc(C(=O)N[C@@H](C)C4CC4)[nH]n3)c2)o1)C1CC1. The quantitative estimate of drug-likeness (QED) is 0.455. The largest absolute Gasteiger partial charge is 0.431 e. The molecule has 8 heteroatoms. The molecule has 2 aromatic heterocycles. The number of aromatic amines is 1. The van der Waals surface area contributed by atoms with Gasteiger partial charge in [0.05, 0.1) is 11.9 Å². The second-order valence-electron chi connectivity index (χ2n) is 9.20. The highest BCUT2D eigenvalue weighted by molar-refractivity contribution is 5.93. The number of carbonyl (C=O) groups is 2. The van der Waals surface area contributed by atoms with Crippen LogP contribution in [-0.4, -0.2) is 39.1 Å². The first-order valence-electron chi connectivity index (χ1n) is 11.8. The molecule has 2 heterocycles. The Bertz CT molecular complexity index is 1160. The van der Waals surface area contributed by atoms with Gasteiger partial charge in [0, 0.05) is 23.2 Å². The van der Waals surface area contributed by atoms with Crippen molar-refractivity contribution in [2.45, 2.75) is 58.0 Å². The number of nitrogens with one attached hydrogen (secondary N) is 3. The fourth-order valence-corrected chi connectivity index (χ4v) is 4.20. The molecular weight excluding hydrogens is 418 g/mol. The van der Waals surface area contributed by atoms with E-state index in [4.69, 9.17) is 4.42 Å². The normalized spacial score (nSPS) is 17.4. The topological polar surface area (TPSA) is 113 Å². The molecule has 3 N–H and O–H groups in total. The summed E-state index contributed by atoms with van der Waals surface area (Å²) in [6.07, 6.45) is 7.06. The van der Waals surface area contributed by atoms with Crippen molar-refractivity contribution in [3.63, 3.8) is 0 Å². The van der Waals surface area contributed by atoms with Crippen molar-refractivity contribution in [3.8, 4) is 22.7 Å². The maximum absolute atomic E-state index is 12.6. The Morgan fingerprint density at radius 2 is 1.85 bits per heavy atom. The van der Waals surface area contributed by atoms with Gasteiger partial charge < -0.3 is 15.1 Å². The van der Waals surface area contributed by atoms with Crippen molar-refractivity contribution in [1.29, 1.82) is 0 Å². The van der Waals surface area contributed by atoms with Gasteiger partial charge in [-0.05, 0) is 69.1 Å². The van der Waals surface area contributed by atoms with Crippen LogP contribution in [0.25, 0.3) is 22.7 Å². The van der Waals surface area contributed by atoms with Crippen molar-refractivity contribution < 1.29 is 14.0 Å². The molecule has 2 fully saturated rings. The van der Waals surface area contributed by atoms with E-state index < -0.39 is 0 Å². The summed E-state index contributed by atoms with van der Waals surface area (Å²) in [6.45, 7) is 4.12. The molecule has 2 amide bonds. The first-order valence-corrected chi connectivity index (χ1v) is 11.8. The Morgan fingerprint density at radius 1 is 1.09 bits per heavy atom. The molecular formula is C25H29N5O3. The minimum Gasteiger partial charge on any atom is -0.431 e. The van der Waals surface area contributed by atoms with Gasteiger partial charge in [0.1, 0.15) is 5.69 Å². The van der Waals surface area contributed by atoms with Crippen molar-refractivity contribution in [1.82, 2.24) is 25.8 Å². The average molecular weight is 448 g/mol. The highest BCUT2D eigenvalue weighted by atomic mass is 16.4. The lowest BCUT2D eigenvalue weighted by Crippen LogP contribution is -2.35. The molecule has 172 valence electrons. The van der Waals surface area contributed by atoms with Gasteiger partial charge in [0.25, 0.3) is 11.8 Å². The van der Waals surface area contributed by atoms with Gasteiger partial charge in [-0.2, -0.15) is 5.10 Å². The van der Waals surface area contributed by atoms with Gasteiger partial charge in [0.2, 0.25) is 11.7 Å². The van der Waals surface area contributed by atoms with E-state index in [1.165, 1.54) is 31.9 Å². The van der Waals surface area contributed by atoms with E-state index in [0.29, 0.717) is 29.1 Å². The molecule has 33 heavy (non-hydrogen) atoms. The summed E-state index contributed by atoms with van der Waals surface area (Å²) in [5, 5.41) is 13.2. The maximum Gasteiger partial charge on any atom is 0.288 e. The number of hydrogen-bond donors (Lipinski definition) is 3. The van der Waals surface area contributed by atoms with Crippen molar-refractivity contribution >= 4 is 11.8 Å². The lowest BCUT2D eigenvalue weighted by atomic mass is 10.1. The van der Waals surface area contributed by atoms with Gasteiger partial charge >= 0.3 is 0 Å². The number of amides is 2. The monoisotopic (exact) mass is 447 g/mol. The predicted octanol–water partition coefficient (Wildman–Crippen LogP) is 4.18. The summed E-state index contributed by atoms with van der Waals surface area (Å²) in [5.74, 6) is 1.36. The van der Waals surface area contributed by atoms with Crippen molar-refractivity contribution in [2.75, 3.05) is 0 Å². The van der Waals surface area contributed by atoms with Crippen LogP contribution in [0.4, 0.5) is 0 Å². The van der Waals surface area contributed by atoms with Gasteiger partial charge in [0.15, 0.2) is 0 Å². The van der Waals surface area contributed by atoms with E-state index >= 15 is 0 Å². The van der Waals surface area contributed by atoms with E-state index in [-0.39, 0.29) is 29.7 Å². The van der Waals surface area contributed by atoms with Crippen LogP contribution in [0.1, 0.15) is 67.0 Å². The van der Waals surface area contributed by atoms with E-state index in [1.807, 2.05) is 31.2 Å². The maximum atomic E-state index is 12.6. The van der Waals surface area contributed by atoms with E-state index in [0.717, 1.165) is 17.5 Å². The van der Waals surface area contributed by atoms with Crippen LogP contribution in [-0.2, 0) is 0 Å². The van der Waals surface area contributed by atoms with Crippen LogP contribution in [0.2, 0.25) is 0 Å². The smallest absolute Gasteiger partial charge is 0.288 e. The Hall–Kier alpha value is -3.42. The molecule has 0 spiro atoms. The molecule has 2 atom stereocenters. The molecule has 1 aromatic carbocycles. The average Bonchev–Trinajstić information content (AvgIpc) is 3.75. The summed E-state index contributed by atoms with van der Waals surface area (Å²) in [7, 11) is 0. The zero-order valence-electron chi connectivity index (χ0n) is 18.9. The third kappa shape index (κ3) is 4.84. The number of hydrogen-bond acceptors (Lipinski definition) is 5. The number of aromatic nitrogens is 3. The summed E-state index contributed by atoms with van der Waals surface area (Å²) in [6, 6.07) is 9.63. The van der Waals surface area contributed by atoms with Crippen LogP contribution in [0.5, 0.6) is 0 Å². The Morgan fingerprint density at radius 3 is 2.58 bits per heavy atom. The number of nitrogens with zero attached hydrogens (tertiary/aromatic N) is 2. The third-order valence-electron chi connectivity index (χ3n) is 6.59. The van der Waals surface area contributed by atoms with Gasteiger partial charge in [-0.15, -0.1) is 0 Å². The van der Waals surface area contributed by atoms with Gasteiger partial charge in [-0.25, -0.2) is 4.98 Å². The molecule has 0 radical (unpaired) electrons. The van der Waals surface area contributed by atoms with E-state index in [1.54, 1.807) is 6.07 Å². The number of rotatable bonds is 9. The third-order valence-corrected chi connectivity index (χ3v) is 6.59. The minimum atomic E-state index is -0.230. The summed E-state index contributed by atoms with van der Waals surface area (Å²) in [4.78, 5) is 29.4. The summed E-state index contributed by atoms with van der Waals surface area (Å²) in [5.41, 5.74) is 2.64. The lowest BCUT2D eigenvalue weighted by Gasteiger charge is -2.14. The fourth-order valence-electron chi connectivity index (χ4n) is 4.20. The first kappa shape index (κ1) is 21.4. The highest BCUT2D eigenvalue weighted by Gasteiger charge is 2.32. The molecule has 2 saturated carbocycles. The second-order valence-corrected chi connectivity index (χ2v) is 9.20. The Labute approximate surface area is 192 Å². The van der Waals surface area contributed by atoms with Crippen LogP contribution in [0, 0.1) is 11.8 Å². The minimum absolute atomic E-state index is 0.149. The molecule has 2 aliphatic rings. The zero-order chi connectivity index (χ0) is 22.9. The van der Waals surface area contributed by atoms with Crippen LogP contribution in [0.15, 0.2) is 40.9 Å². The standard InChI is InChI=1S/C25H29N5O3/c1-3-19(16-9-10-16)28-24(32)22-13-26-25(33-22)18-6-4-5-17(11-18)20-12-21(30-29-20)23(31)27-14(2)15-7-8-15/h4-6,11-16,19H,3,7-10H2,1-2H3,(H,27,31)(H,28,32)(H,29,30)/t14-,19?/m0/s1. The van der Waals surface area contributed by atoms with Crippen molar-refractivity contribution in [2.24, 2.45) is 11.8 Å². The number of carbonyl (C=O) groups excluding carboxylic acids is 2. The lowest BCUT2D eigenvalue weighted by molar-refractivity contribution is 0.0901. The summed E-state index contributed by atoms with van der Waals surface area (Å²) < 4.78 is 5.77. The predicted molar refractivity (Wildman–Crippen MR) is 123 cm³/mol. The number of benzene rings is 1. The molecule has 8 nitrogen and oxygen atoms in total. The van der Waals surface area contributed by atoms with Gasteiger partial charge in [-0.1, -0.05) is 19.1 Å². The van der Waals surface area contributed by atoms with Crippen LogP contribution in [0.3, 0.4) is 0 Å². The van der Waals surface area contributed by atoms with Crippen LogP contribution >= 0.6 is 0 Å². The Kier molecular flexibility index (Phi) is 5.74. The Balaban J connectivity index is 1.28. The van der Waals surface area contributed by atoms with E-state index in [9.17, 15) is 9.59 Å². The highest BCUT2D eigenvalue weighted by Crippen LogP contribution is 2.34. The molecule has 5 rings (SSSR count). The number of H-pyrrole nitrogens is 1. The van der Waals surface area contributed by atoms with E-state index in [2.05, 4.69) is 32.7 Å². The molecule has 0 aliphatic heterocycles. The molecule has 0 bridgehead atoms. The van der Waals surface area contributed by atoms with Gasteiger partial charge in [-0.3, -0.25) is 14.7 Å². The zero-order valence-corrected chi connectivity index (χ0v) is 18.9. The second kappa shape index (κ2) is 8.84. The number of oxazole rings is 1. The first-order chi connectivity index (χ1) is 16.0. The molecule has 1 unspecified atom stereocenters. The molecule has 2 aliphatic carbocycles. The molecule has 0 saturated heterocycles. The fraction of sp³-hybridized carbons (Fsp3) is 0.440. The summed E-state index contributed by atoms with van der Waals surface area (Å²) >= 11 is 0. The van der Waals surface area contributed by atoms with Crippen molar-refractivity contribution in [3.05, 3.63) is 48.0 Å². The molecule has 3 aromatic rings.